The maximum absolute atomic E-state index is 11.1. The number of diazo groups is 1. The van der Waals surface area contributed by atoms with E-state index in [1.165, 1.54) is 0 Å². The van der Waals surface area contributed by atoms with Gasteiger partial charge in [-0.3, -0.25) is 30.3 Å². The fourth-order valence-electron chi connectivity index (χ4n) is 1.62. The highest BCUT2D eigenvalue weighted by atomic mass is 16.6. The van der Waals surface area contributed by atoms with E-state index in [1.807, 2.05) is 0 Å². The van der Waals surface area contributed by atoms with E-state index in [0.29, 0.717) is 0 Å². The molecule has 0 saturated heterocycles. The summed E-state index contributed by atoms with van der Waals surface area (Å²) in [6.45, 7) is 0. The van der Waals surface area contributed by atoms with Crippen LogP contribution in [0.15, 0.2) is 43.3 Å². The number of hydrogen-bond donors (Lipinski definition) is 1. The van der Waals surface area contributed by atoms with Crippen LogP contribution in [-0.2, 0) is 0 Å². The Morgan fingerprint density at radius 2 is 1.54 bits per heavy atom. The van der Waals surface area contributed by atoms with Crippen molar-refractivity contribution in [2.24, 2.45) is 20.5 Å². The fraction of sp³-hybridized carbons (Fsp3) is 0. The Hall–Kier alpha value is -4.65. The molecule has 1 aliphatic rings. The number of allylic oxidation sites excluding steroid dienone is 2. The monoisotopic (exact) mass is 337 g/mol. The molecular formula is C6HN12O6+. The van der Waals surface area contributed by atoms with E-state index in [0.717, 1.165) is 0 Å². The van der Waals surface area contributed by atoms with Crippen LogP contribution < -0.4 is 0 Å². The summed E-state index contributed by atoms with van der Waals surface area (Å²) in [4.78, 5) is 31.1. The summed E-state index contributed by atoms with van der Waals surface area (Å²) in [6, 6.07) is 0. The van der Waals surface area contributed by atoms with Crippen LogP contribution in [0, 0.1) is 41.3 Å². The average molecular weight is 337 g/mol. The molecule has 0 amide bonds. The highest BCUT2D eigenvalue weighted by Gasteiger charge is 2.53. The van der Waals surface area contributed by atoms with Gasteiger partial charge in [-0.1, -0.05) is 10.3 Å². The molecule has 120 valence electrons. The number of nitro groups is 3. The second-order valence-corrected chi connectivity index (χ2v) is 3.44. The van der Waals surface area contributed by atoms with Crippen molar-refractivity contribution in [2.45, 2.75) is 0 Å². The van der Waals surface area contributed by atoms with Gasteiger partial charge in [0.25, 0.3) is 5.39 Å². The molecule has 0 bridgehead atoms. The minimum absolute atomic E-state index is 1.06. The Morgan fingerprint density at radius 1 is 1.00 bits per heavy atom. The van der Waals surface area contributed by atoms with Gasteiger partial charge in [-0.25, -0.2) is 0 Å². The first-order chi connectivity index (χ1) is 11.3. The summed E-state index contributed by atoms with van der Waals surface area (Å²) in [5.74, 6) is 0. The molecule has 1 rings (SSSR count). The van der Waals surface area contributed by atoms with Gasteiger partial charge in [0.1, 0.15) is 0 Å². The summed E-state index contributed by atoms with van der Waals surface area (Å²) in [7, 11) is 0. The third-order valence-corrected chi connectivity index (χ3v) is 2.33. The maximum atomic E-state index is 11.1. The number of azide groups is 1. The van der Waals surface area contributed by atoms with Gasteiger partial charge in [-0.05, 0) is 5.53 Å². The smallest absolute Gasteiger partial charge is 0.258 e. The molecule has 0 aliphatic heterocycles. The summed E-state index contributed by atoms with van der Waals surface area (Å²) in [5.41, 5.74) is 6.85. The third-order valence-electron chi connectivity index (χ3n) is 2.33. The molecule has 0 aromatic carbocycles. The predicted molar refractivity (Wildman–Crippen MR) is 69.3 cm³/mol. The Morgan fingerprint density at radius 3 is 1.92 bits per heavy atom. The van der Waals surface area contributed by atoms with Gasteiger partial charge in [0.15, 0.2) is 10.8 Å². The molecule has 18 heteroatoms. The van der Waals surface area contributed by atoms with E-state index in [2.05, 4.69) is 30.5 Å². The van der Waals surface area contributed by atoms with Crippen LogP contribution >= 0.6 is 0 Å². The van der Waals surface area contributed by atoms with Gasteiger partial charge >= 0.3 is 22.2 Å². The standard InChI is InChI=1S/C6HN12O6/c7-13-10-1-2(11-14-8)4(16(19)20)6(18(23)24)5(17(21)22)3(1)12-15-9/h8H/q+1. The van der Waals surface area contributed by atoms with E-state index in [9.17, 15) is 30.3 Å². The van der Waals surface area contributed by atoms with E-state index in [-0.39, 0.29) is 0 Å². The minimum Gasteiger partial charge on any atom is -0.258 e. The van der Waals surface area contributed by atoms with Crippen LogP contribution in [0.1, 0.15) is 0 Å². The molecule has 0 saturated carbocycles. The first-order valence-corrected chi connectivity index (χ1v) is 5.16. The average Bonchev–Trinajstić information content (AvgIpc) is 2.49. The van der Waals surface area contributed by atoms with Gasteiger partial charge in [0.05, 0.1) is 14.8 Å². The number of rotatable bonds is 5. The maximum Gasteiger partial charge on any atom is 0.425 e. The van der Waals surface area contributed by atoms with Gasteiger partial charge < -0.3 is 0 Å². The molecule has 0 radical (unpaired) electrons. The lowest BCUT2D eigenvalue weighted by Gasteiger charge is -2.09. The van der Waals surface area contributed by atoms with Crippen LogP contribution in [0.3, 0.4) is 0 Å². The lowest BCUT2D eigenvalue weighted by atomic mass is 9.98. The largest absolute Gasteiger partial charge is 0.425 e. The van der Waals surface area contributed by atoms with Crippen molar-refractivity contribution in [1.29, 1.82) is 10.9 Å². The molecule has 1 aliphatic carbocycles. The van der Waals surface area contributed by atoms with Gasteiger partial charge in [0, 0.05) is 4.91 Å². The number of hydrogen-bond acceptors (Lipinski definition) is 11. The Kier molecular flexibility index (Phi) is 4.98. The highest BCUT2D eigenvalue weighted by Crippen LogP contribution is 2.30. The molecular weight excluding hydrogens is 336 g/mol. The second-order valence-electron chi connectivity index (χ2n) is 3.44. The van der Waals surface area contributed by atoms with E-state index >= 15 is 0 Å². The summed E-state index contributed by atoms with van der Waals surface area (Å²) < 4.78 is 0. The molecule has 1 N–H and O–H groups in total. The number of nitrogens with zero attached hydrogens (tertiary/aromatic N) is 11. The zero-order chi connectivity index (χ0) is 18.4. The SMILES string of the molecule is N#[N+]N=C1C(=NN=N)C([N+](=O)[O-])=C([N+](=O)[O-])C([N+](=O)[O-])=C1N=[N+]=[N-]. The van der Waals surface area contributed by atoms with Crippen molar-refractivity contribution in [3.8, 4) is 0 Å². The van der Waals surface area contributed by atoms with Gasteiger partial charge in [-0.15, -0.1) is 5.10 Å². The first kappa shape index (κ1) is 17.4. The Bertz CT molecular complexity index is 878. The topological polar surface area (TPSA) is 267 Å². The molecule has 0 heterocycles. The summed E-state index contributed by atoms with van der Waals surface area (Å²) in [6.07, 6.45) is 0. The lowest BCUT2D eigenvalue weighted by Crippen LogP contribution is -2.33. The van der Waals surface area contributed by atoms with E-state index < -0.39 is 49.0 Å². The molecule has 0 atom stereocenters. The number of nitrogens with one attached hydrogen (secondary N) is 1. The zero-order valence-electron chi connectivity index (χ0n) is 10.9. The molecule has 24 heavy (non-hydrogen) atoms. The van der Waals surface area contributed by atoms with Crippen molar-refractivity contribution in [2.75, 3.05) is 0 Å². The van der Waals surface area contributed by atoms with Crippen molar-refractivity contribution in [3.05, 3.63) is 68.7 Å². The molecule has 0 fully saturated rings. The molecule has 0 spiro atoms. The third kappa shape index (κ3) is 2.85. The van der Waals surface area contributed by atoms with Crippen LogP contribution in [-0.4, -0.2) is 26.2 Å². The molecule has 0 aromatic heterocycles. The summed E-state index contributed by atoms with van der Waals surface area (Å²) in [5, 5.41) is 55.0. The van der Waals surface area contributed by atoms with Crippen molar-refractivity contribution in [1.82, 2.24) is 0 Å². The van der Waals surface area contributed by atoms with Crippen molar-refractivity contribution < 1.29 is 14.8 Å². The highest BCUT2D eigenvalue weighted by molar-refractivity contribution is 6.54. The minimum atomic E-state index is -1.67. The summed E-state index contributed by atoms with van der Waals surface area (Å²) >= 11 is 0. The van der Waals surface area contributed by atoms with E-state index in [1.54, 1.807) is 0 Å². The molecule has 0 unspecified atom stereocenters. The Balaban J connectivity index is 4.24. The fourth-order valence-corrected chi connectivity index (χ4v) is 1.62. The van der Waals surface area contributed by atoms with Crippen molar-refractivity contribution in [3.63, 3.8) is 0 Å². The molecule has 18 nitrogen and oxygen atoms in total. The normalized spacial score (nSPS) is 17.3. The van der Waals surface area contributed by atoms with Crippen LogP contribution in [0.25, 0.3) is 15.5 Å². The van der Waals surface area contributed by atoms with Crippen LogP contribution in [0.5, 0.6) is 0 Å². The van der Waals surface area contributed by atoms with Crippen LogP contribution in [0.2, 0.25) is 0 Å². The molecule has 0 aromatic rings. The lowest BCUT2D eigenvalue weighted by molar-refractivity contribution is -0.498. The van der Waals surface area contributed by atoms with Crippen molar-refractivity contribution >= 4 is 11.4 Å². The Labute approximate surface area is 127 Å². The van der Waals surface area contributed by atoms with Crippen LogP contribution in [0.4, 0.5) is 0 Å². The van der Waals surface area contributed by atoms with Gasteiger partial charge in [-0.2, -0.15) is 5.53 Å². The van der Waals surface area contributed by atoms with Gasteiger partial charge in [0.2, 0.25) is 11.4 Å². The zero-order valence-corrected chi connectivity index (χ0v) is 10.9. The quantitative estimate of drug-likeness (QED) is 0.145. The first-order valence-electron chi connectivity index (χ1n) is 5.16. The second kappa shape index (κ2) is 6.87. The van der Waals surface area contributed by atoms with E-state index in [4.69, 9.17) is 16.5 Å². The predicted octanol–water partition coefficient (Wildman–Crippen LogP) is 1.16.